The van der Waals surface area contributed by atoms with Crippen LogP contribution in [0.5, 0.6) is 0 Å². The fourth-order valence-corrected chi connectivity index (χ4v) is 2.86. The molecule has 0 spiro atoms. The second kappa shape index (κ2) is 4.54. The first-order chi connectivity index (χ1) is 8.74. The van der Waals surface area contributed by atoms with Gasteiger partial charge in [0.2, 0.25) is 0 Å². The van der Waals surface area contributed by atoms with Crippen molar-refractivity contribution >= 4 is 16.6 Å². The first-order valence-electron chi connectivity index (χ1n) is 6.45. The molecule has 0 aromatic heterocycles. The van der Waals surface area contributed by atoms with E-state index in [2.05, 4.69) is 41.3 Å². The van der Waals surface area contributed by atoms with E-state index >= 15 is 0 Å². The molecule has 2 aromatic rings. The fraction of sp³-hybridized carbons (Fsp3) is 0.312. The Morgan fingerprint density at radius 3 is 2.89 bits per heavy atom. The fourth-order valence-electron chi connectivity index (χ4n) is 2.86. The number of Topliss-reactive ketones (excluding diaryl/α,β-unsaturated/α-hetero) is 1. The molecule has 1 heterocycles. The van der Waals surface area contributed by atoms with E-state index < -0.39 is 0 Å². The number of carbonyl (C=O) groups excluding carboxylic acids is 1. The van der Waals surface area contributed by atoms with Gasteiger partial charge in [-0.25, -0.2) is 0 Å². The molecule has 1 aliphatic rings. The van der Waals surface area contributed by atoms with Crippen molar-refractivity contribution in [2.24, 2.45) is 0 Å². The number of rotatable bonds is 2. The summed E-state index contributed by atoms with van der Waals surface area (Å²) >= 11 is 0. The first-order valence-corrected chi connectivity index (χ1v) is 6.45. The number of carbonyl (C=O) groups is 1. The molecule has 0 unspecified atom stereocenters. The molecule has 0 fully saturated rings. The summed E-state index contributed by atoms with van der Waals surface area (Å²) in [6.45, 7) is 4.13. The summed E-state index contributed by atoms with van der Waals surface area (Å²) in [6, 6.07) is 13.0. The summed E-state index contributed by atoms with van der Waals surface area (Å²) in [6.07, 6.45) is 1.05. The third-order valence-electron chi connectivity index (χ3n) is 3.66. The third kappa shape index (κ3) is 2.04. The zero-order valence-corrected chi connectivity index (χ0v) is 10.6. The van der Waals surface area contributed by atoms with E-state index in [9.17, 15) is 4.79 Å². The molecule has 0 saturated heterocycles. The average Bonchev–Trinajstić information content (AvgIpc) is 2.37. The van der Waals surface area contributed by atoms with Crippen LogP contribution in [-0.2, 0) is 17.8 Å². The van der Waals surface area contributed by atoms with Gasteiger partial charge in [0.25, 0.3) is 0 Å². The highest BCUT2D eigenvalue weighted by atomic mass is 16.1. The first kappa shape index (κ1) is 11.4. The molecular weight excluding hydrogens is 222 g/mol. The number of hydrogen-bond acceptors (Lipinski definition) is 2. The second-order valence-corrected chi connectivity index (χ2v) is 5.09. The van der Waals surface area contributed by atoms with E-state index in [1.165, 1.54) is 21.9 Å². The molecule has 0 aliphatic carbocycles. The molecule has 1 aliphatic heterocycles. The highest BCUT2D eigenvalue weighted by Crippen LogP contribution is 2.27. The lowest BCUT2D eigenvalue weighted by molar-refractivity contribution is -0.118. The van der Waals surface area contributed by atoms with Gasteiger partial charge in [0.1, 0.15) is 5.78 Å². The lowest BCUT2D eigenvalue weighted by atomic mass is 9.93. The number of ketones is 1. The van der Waals surface area contributed by atoms with Crippen LogP contribution < -0.4 is 0 Å². The van der Waals surface area contributed by atoms with E-state index in [4.69, 9.17) is 0 Å². The van der Waals surface area contributed by atoms with Crippen LogP contribution in [0.25, 0.3) is 10.8 Å². The molecule has 92 valence electrons. The van der Waals surface area contributed by atoms with Gasteiger partial charge in [0.15, 0.2) is 0 Å². The Bertz CT molecular complexity index is 603. The molecule has 0 bridgehead atoms. The quantitative estimate of drug-likeness (QED) is 0.803. The van der Waals surface area contributed by atoms with Crippen molar-refractivity contribution in [1.29, 1.82) is 0 Å². The Hall–Kier alpha value is -1.67. The average molecular weight is 239 g/mol. The van der Waals surface area contributed by atoms with Crippen molar-refractivity contribution in [2.75, 3.05) is 13.1 Å². The van der Waals surface area contributed by atoms with Gasteiger partial charge in [-0.05, 0) is 35.2 Å². The maximum atomic E-state index is 11.2. The normalized spacial score (nSPS) is 15.6. The van der Waals surface area contributed by atoms with Crippen molar-refractivity contribution in [1.82, 2.24) is 4.90 Å². The molecule has 2 heteroatoms. The largest absolute Gasteiger partial charge is 0.299 e. The van der Waals surface area contributed by atoms with Crippen LogP contribution in [0.2, 0.25) is 0 Å². The van der Waals surface area contributed by atoms with Crippen LogP contribution in [0.4, 0.5) is 0 Å². The van der Waals surface area contributed by atoms with Gasteiger partial charge in [0.05, 0.1) is 6.54 Å². The molecule has 2 aromatic carbocycles. The van der Waals surface area contributed by atoms with Gasteiger partial charge in [0, 0.05) is 13.1 Å². The van der Waals surface area contributed by atoms with Gasteiger partial charge in [-0.3, -0.25) is 9.69 Å². The Morgan fingerprint density at radius 2 is 2.06 bits per heavy atom. The van der Waals surface area contributed by atoms with Gasteiger partial charge < -0.3 is 0 Å². The van der Waals surface area contributed by atoms with Gasteiger partial charge in [-0.15, -0.1) is 0 Å². The molecule has 0 amide bonds. The number of benzene rings is 2. The lowest BCUT2D eigenvalue weighted by Gasteiger charge is -2.28. The Labute approximate surface area is 107 Å². The minimum atomic E-state index is 0.249. The molecular formula is C16H17NO. The Morgan fingerprint density at radius 1 is 1.22 bits per heavy atom. The van der Waals surface area contributed by atoms with Crippen LogP contribution >= 0.6 is 0 Å². The number of nitrogens with zero attached hydrogens (tertiary/aromatic N) is 1. The molecule has 3 rings (SSSR count). The summed E-state index contributed by atoms with van der Waals surface area (Å²) in [5, 5.41) is 2.69. The lowest BCUT2D eigenvalue weighted by Crippen LogP contribution is -2.34. The maximum Gasteiger partial charge on any atom is 0.143 e. The standard InChI is InChI=1S/C16H17NO/c1-12(18)10-17-9-8-16-14(11-17)7-6-13-4-2-3-5-15(13)16/h2-7H,8-11H2,1H3. The summed E-state index contributed by atoms with van der Waals surface area (Å²) in [7, 11) is 0. The highest BCUT2D eigenvalue weighted by Gasteiger charge is 2.18. The minimum absolute atomic E-state index is 0.249. The Balaban J connectivity index is 1.98. The monoisotopic (exact) mass is 239 g/mol. The predicted octanol–water partition coefficient (Wildman–Crippen LogP) is 2.79. The van der Waals surface area contributed by atoms with E-state index in [0.29, 0.717) is 6.54 Å². The molecule has 0 N–H and O–H groups in total. The second-order valence-electron chi connectivity index (χ2n) is 5.09. The van der Waals surface area contributed by atoms with Crippen molar-refractivity contribution in [3.63, 3.8) is 0 Å². The Kier molecular flexibility index (Phi) is 2.88. The zero-order chi connectivity index (χ0) is 12.5. The van der Waals surface area contributed by atoms with Crippen LogP contribution in [0, 0.1) is 0 Å². The van der Waals surface area contributed by atoms with E-state index in [1.54, 1.807) is 6.92 Å². The molecule has 0 saturated carbocycles. The van der Waals surface area contributed by atoms with Crippen molar-refractivity contribution in [2.45, 2.75) is 19.9 Å². The van der Waals surface area contributed by atoms with Crippen molar-refractivity contribution in [3.05, 3.63) is 47.5 Å². The molecule has 2 nitrogen and oxygen atoms in total. The van der Waals surface area contributed by atoms with E-state index in [-0.39, 0.29) is 5.78 Å². The topological polar surface area (TPSA) is 20.3 Å². The summed E-state index contributed by atoms with van der Waals surface area (Å²) in [4.78, 5) is 13.4. The minimum Gasteiger partial charge on any atom is -0.299 e. The maximum absolute atomic E-state index is 11.2. The molecule has 0 atom stereocenters. The van der Waals surface area contributed by atoms with Crippen LogP contribution in [0.15, 0.2) is 36.4 Å². The highest BCUT2D eigenvalue weighted by molar-refractivity contribution is 5.87. The van der Waals surface area contributed by atoms with Crippen molar-refractivity contribution < 1.29 is 4.79 Å². The van der Waals surface area contributed by atoms with Crippen LogP contribution in [0.1, 0.15) is 18.1 Å². The smallest absolute Gasteiger partial charge is 0.143 e. The number of fused-ring (bicyclic) bond motifs is 3. The van der Waals surface area contributed by atoms with Gasteiger partial charge >= 0.3 is 0 Å². The van der Waals surface area contributed by atoms with Gasteiger partial charge in [-0.1, -0.05) is 36.4 Å². The molecule has 0 radical (unpaired) electrons. The number of hydrogen-bond donors (Lipinski definition) is 0. The third-order valence-corrected chi connectivity index (χ3v) is 3.66. The van der Waals surface area contributed by atoms with E-state index in [0.717, 1.165) is 19.5 Å². The van der Waals surface area contributed by atoms with E-state index in [1.807, 2.05) is 0 Å². The predicted molar refractivity (Wildman–Crippen MR) is 73.6 cm³/mol. The van der Waals surface area contributed by atoms with Crippen molar-refractivity contribution in [3.8, 4) is 0 Å². The van der Waals surface area contributed by atoms with Crippen LogP contribution in [-0.4, -0.2) is 23.8 Å². The summed E-state index contributed by atoms with van der Waals surface area (Å²) in [5.74, 6) is 0.249. The van der Waals surface area contributed by atoms with Gasteiger partial charge in [-0.2, -0.15) is 0 Å². The summed E-state index contributed by atoms with van der Waals surface area (Å²) in [5.41, 5.74) is 2.84. The van der Waals surface area contributed by atoms with Crippen LogP contribution in [0.3, 0.4) is 0 Å². The zero-order valence-electron chi connectivity index (χ0n) is 10.6. The SMILES string of the molecule is CC(=O)CN1CCc2c(ccc3ccccc23)C1. The molecule has 18 heavy (non-hydrogen) atoms. The summed E-state index contributed by atoms with van der Waals surface area (Å²) < 4.78 is 0.